The van der Waals surface area contributed by atoms with Crippen LogP contribution in [0, 0.1) is 6.92 Å². The summed E-state index contributed by atoms with van der Waals surface area (Å²) in [6.07, 6.45) is 5.40. The predicted molar refractivity (Wildman–Crippen MR) is 66.6 cm³/mol. The molecular formula is C13H14N4. The van der Waals surface area contributed by atoms with E-state index in [-0.39, 0.29) is 0 Å². The van der Waals surface area contributed by atoms with Crippen LogP contribution >= 0.6 is 0 Å². The number of aryl methyl sites for hydroxylation is 2. The molecule has 0 aliphatic heterocycles. The zero-order chi connectivity index (χ0) is 12.1. The summed E-state index contributed by atoms with van der Waals surface area (Å²) >= 11 is 0. The minimum absolute atomic E-state index is 0.723. The van der Waals surface area contributed by atoms with Gasteiger partial charge in [-0.1, -0.05) is 12.1 Å². The van der Waals surface area contributed by atoms with E-state index in [0.29, 0.717) is 0 Å². The molecule has 4 nitrogen and oxygen atoms in total. The lowest BCUT2D eigenvalue weighted by Gasteiger charge is -2.03. The van der Waals surface area contributed by atoms with Crippen LogP contribution < -0.4 is 0 Å². The van der Waals surface area contributed by atoms with Crippen molar-refractivity contribution in [1.29, 1.82) is 0 Å². The largest absolute Gasteiger partial charge is 0.333 e. The van der Waals surface area contributed by atoms with Crippen molar-refractivity contribution in [3.63, 3.8) is 0 Å². The Hall–Kier alpha value is -2.23. The molecule has 0 fully saturated rings. The molecule has 2 aromatic heterocycles. The molecule has 0 aliphatic rings. The second-order valence-electron chi connectivity index (χ2n) is 3.75. The lowest BCUT2D eigenvalue weighted by molar-refractivity contribution is 0.854. The molecule has 0 spiro atoms. The molecule has 0 aromatic carbocycles. The number of hydrogen-bond donors (Lipinski definition) is 0. The Kier molecular flexibility index (Phi) is 3.45. The lowest BCUT2D eigenvalue weighted by Crippen LogP contribution is -1.98. The highest BCUT2D eigenvalue weighted by atomic mass is 15.2. The normalized spacial score (nSPS) is 9.76. The Balaban J connectivity index is 2.59. The third-order valence-corrected chi connectivity index (χ3v) is 2.31. The van der Waals surface area contributed by atoms with Crippen LogP contribution in [-0.2, 0) is 7.05 Å². The van der Waals surface area contributed by atoms with Gasteiger partial charge in [0.2, 0.25) is 0 Å². The Morgan fingerprint density at radius 3 is 2.76 bits per heavy atom. The van der Waals surface area contributed by atoms with E-state index in [1.54, 1.807) is 6.20 Å². The van der Waals surface area contributed by atoms with E-state index in [0.717, 1.165) is 17.1 Å². The number of rotatable bonds is 1. The second-order valence-corrected chi connectivity index (χ2v) is 3.75. The zero-order valence-corrected chi connectivity index (χ0v) is 9.91. The summed E-state index contributed by atoms with van der Waals surface area (Å²) in [5.74, 6) is 0.723. The molecule has 0 unspecified atom stereocenters. The predicted octanol–water partition coefficient (Wildman–Crippen LogP) is 2.31. The van der Waals surface area contributed by atoms with Gasteiger partial charge in [-0.25, -0.2) is 0 Å². The summed E-state index contributed by atoms with van der Waals surface area (Å²) < 4.78 is 1.89. The molecule has 17 heavy (non-hydrogen) atoms. The lowest BCUT2D eigenvalue weighted by atomic mass is 10.2. The highest BCUT2D eigenvalue weighted by molar-refractivity contribution is 5.48. The van der Waals surface area contributed by atoms with Crippen molar-refractivity contribution in [2.24, 2.45) is 7.05 Å². The van der Waals surface area contributed by atoms with Crippen molar-refractivity contribution in [2.45, 2.75) is 6.92 Å². The van der Waals surface area contributed by atoms with Gasteiger partial charge in [0.15, 0.2) is 5.82 Å². The average molecular weight is 226 g/mol. The molecule has 2 rings (SSSR count). The Bertz CT molecular complexity index is 542. The first kappa shape index (κ1) is 11.3. The molecule has 0 amide bonds. The summed E-state index contributed by atoms with van der Waals surface area (Å²) in [4.78, 5) is 4.35. The van der Waals surface area contributed by atoms with Crippen LogP contribution in [-0.4, -0.2) is 19.7 Å². The molecular weight excluding hydrogens is 212 g/mol. The average Bonchev–Trinajstić information content (AvgIpc) is 2.43. The first-order valence-corrected chi connectivity index (χ1v) is 5.38. The topological polar surface area (TPSA) is 43.6 Å². The van der Waals surface area contributed by atoms with Crippen molar-refractivity contribution in [2.75, 3.05) is 0 Å². The quantitative estimate of drug-likeness (QED) is 0.749. The molecule has 0 saturated heterocycles. The maximum Gasteiger partial charge on any atom is 0.180 e. The van der Waals surface area contributed by atoms with Crippen molar-refractivity contribution < 1.29 is 0 Å². The van der Waals surface area contributed by atoms with Gasteiger partial charge < -0.3 is 4.57 Å². The monoisotopic (exact) mass is 226 g/mol. The van der Waals surface area contributed by atoms with Crippen LogP contribution in [0.15, 0.2) is 48.9 Å². The highest BCUT2D eigenvalue weighted by Crippen LogP contribution is 2.11. The minimum atomic E-state index is 0.723. The first-order valence-electron chi connectivity index (χ1n) is 5.38. The van der Waals surface area contributed by atoms with Crippen LogP contribution in [0.2, 0.25) is 0 Å². The first-order chi connectivity index (χ1) is 8.27. The van der Waals surface area contributed by atoms with Crippen LogP contribution in [0.3, 0.4) is 0 Å². The van der Waals surface area contributed by atoms with E-state index in [1.807, 2.05) is 61.3 Å². The van der Waals surface area contributed by atoms with Crippen LogP contribution in [0.25, 0.3) is 11.5 Å². The van der Waals surface area contributed by atoms with Gasteiger partial charge in [0.05, 0.1) is 0 Å². The molecule has 2 heterocycles. The van der Waals surface area contributed by atoms with Gasteiger partial charge in [-0.2, -0.15) is 5.10 Å². The van der Waals surface area contributed by atoms with Crippen LogP contribution in [0.1, 0.15) is 5.56 Å². The molecule has 0 saturated carbocycles. The number of nitrogens with zero attached hydrogens (tertiary/aromatic N) is 4. The second kappa shape index (κ2) is 5.21. The smallest absolute Gasteiger partial charge is 0.180 e. The molecule has 4 heteroatoms. The fourth-order valence-corrected chi connectivity index (χ4v) is 1.39. The van der Waals surface area contributed by atoms with E-state index in [2.05, 4.69) is 15.2 Å². The van der Waals surface area contributed by atoms with Gasteiger partial charge in [-0.15, -0.1) is 5.10 Å². The maximum atomic E-state index is 4.35. The molecule has 2 aromatic rings. The summed E-state index contributed by atoms with van der Waals surface area (Å²) in [7, 11) is 1.92. The SMILES string of the molecule is Cc1ccc(-c2nncccccn2C)nc1. The van der Waals surface area contributed by atoms with Crippen LogP contribution in [0.5, 0.6) is 0 Å². The van der Waals surface area contributed by atoms with Crippen molar-refractivity contribution in [1.82, 2.24) is 19.7 Å². The van der Waals surface area contributed by atoms with Crippen molar-refractivity contribution in [3.8, 4) is 11.5 Å². The van der Waals surface area contributed by atoms with Crippen molar-refractivity contribution in [3.05, 3.63) is 54.5 Å². The van der Waals surface area contributed by atoms with E-state index in [9.17, 15) is 0 Å². The zero-order valence-electron chi connectivity index (χ0n) is 9.91. The van der Waals surface area contributed by atoms with E-state index >= 15 is 0 Å². The highest BCUT2D eigenvalue weighted by Gasteiger charge is 2.01. The number of hydrogen-bond acceptors (Lipinski definition) is 3. The molecule has 0 radical (unpaired) electrons. The van der Waals surface area contributed by atoms with Gasteiger partial charge >= 0.3 is 0 Å². The molecule has 0 aliphatic carbocycles. The van der Waals surface area contributed by atoms with Gasteiger partial charge in [-0.3, -0.25) is 4.98 Å². The van der Waals surface area contributed by atoms with Gasteiger partial charge in [0.1, 0.15) is 5.69 Å². The Morgan fingerprint density at radius 1 is 1.12 bits per heavy atom. The minimum Gasteiger partial charge on any atom is -0.333 e. The van der Waals surface area contributed by atoms with Crippen molar-refractivity contribution >= 4 is 0 Å². The van der Waals surface area contributed by atoms with Crippen LogP contribution in [0.4, 0.5) is 0 Å². The molecule has 0 N–H and O–H groups in total. The van der Waals surface area contributed by atoms with Gasteiger partial charge in [0, 0.05) is 25.6 Å². The van der Waals surface area contributed by atoms with Gasteiger partial charge in [0.25, 0.3) is 0 Å². The Labute approximate surface area is 100 Å². The third kappa shape index (κ3) is 2.87. The van der Waals surface area contributed by atoms with E-state index < -0.39 is 0 Å². The summed E-state index contributed by atoms with van der Waals surface area (Å²) in [5, 5.41) is 8.15. The summed E-state index contributed by atoms with van der Waals surface area (Å²) in [5.41, 5.74) is 1.93. The van der Waals surface area contributed by atoms with E-state index in [4.69, 9.17) is 0 Å². The fourth-order valence-electron chi connectivity index (χ4n) is 1.39. The fraction of sp³-hybridized carbons (Fsp3) is 0.154. The number of aromatic nitrogens is 4. The molecule has 0 atom stereocenters. The Morgan fingerprint density at radius 2 is 2.00 bits per heavy atom. The van der Waals surface area contributed by atoms with Gasteiger partial charge in [-0.05, 0) is 30.7 Å². The molecule has 86 valence electrons. The number of pyridine rings is 1. The standard InChI is InChI=1S/C13H14N4/c1-11-6-7-12(14-10-11)13-16-15-8-4-3-5-9-17(13)2/h3-10H,1-2H3. The van der Waals surface area contributed by atoms with E-state index in [1.165, 1.54) is 0 Å². The summed E-state index contributed by atoms with van der Waals surface area (Å²) in [6, 6.07) is 9.62. The maximum absolute atomic E-state index is 4.35. The summed E-state index contributed by atoms with van der Waals surface area (Å²) in [6.45, 7) is 2.01. The third-order valence-electron chi connectivity index (χ3n) is 2.31. The molecule has 0 bridgehead atoms.